The molecule has 0 radical (unpaired) electrons. The average molecular weight is 502 g/mol. The minimum atomic E-state index is -0.567. The van der Waals surface area contributed by atoms with Crippen molar-refractivity contribution in [2.75, 3.05) is 0 Å². The van der Waals surface area contributed by atoms with Gasteiger partial charge in [0.15, 0.2) is 5.78 Å². The molecule has 0 spiro atoms. The second-order valence-corrected chi connectivity index (χ2v) is 10.2. The van der Waals surface area contributed by atoms with E-state index >= 15 is 0 Å². The SMILES string of the molecule is CCCCc1cn(C2C(=O)CCCC2CC)c(=O)n1CC1(c2cccc(-c3nn[nH]n3)c2)C=CNC=C1. The quantitative estimate of drug-likeness (QED) is 0.458. The van der Waals surface area contributed by atoms with Gasteiger partial charge in [0.1, 0.15) is 0 Å². The lowest BCUT2D eigenvalue weighted by Gasteiger charge is -2.31. The molecule has 194 valence electrons. The van der Waals surface area contributed by atoms with Gasteiger partial charge in [-0.3, -0.25) is 13.9 Å². The maximum absolute atomic E-state index is 14.0. The minimum absolute atomic E-state index is 0.0983. The van der Waals surface area contributed by atoms with Gasteiger partial charge in [-0.05, 0) is 60.8 Å². The summed E-state index contributed by atoms with van der Waals surface area (Å²) in [5.41, 5.74) is 2.18. The van der Waals surface area contributed by atoms with E-state index in [1.807, 2.05) is 35.3 Å². The van der Waals surface area contributed by atoms with Crippen LogP contribution in [0.2, 0.25) is 0 Å². The van der Waals surface area contributed by atoms with Crippen molar-refractivity contribution in [3.63, 3.8) is 0 Å². The van der Waals surface area contributed by atoms with E-state index in [-0.39, 0.29) is 23.4 Å². The van der Waals surface area contributed by atoms with E-state index in [0.29, 0.717) is 18.8 Å². The molecule has 2 unspecified atom stereocenters. The van der Waals surface area contributed by atoms with Gasteiger partial charge in [-0.15, -0.1) is 10.2 Å². The van der Waals surface area contributed by atoms with E-state index in [1.165, 1.54) is 0 Å². The number of Topliss-reactive ketones (excluding diaryl/α,β-unsaturated/α-hetero) is 1. The summed E-state index contributed by atoms with van der Waals surface area (Å²) in [6, 6.07) is 7.67. The van der Waals surface area contributed by atoms with Crippen LogP contribution in [0.1, 0.15) is 69.7 Å². The van der Waals surface area contributed by atoms with Gasteiger partial charge in [-0.2, -0.15) is 5.21 Å². The summed E-state index contributed by atoms with van der Waals surface area (Å²) >= 11 is 0. The summed E-state index contributed by atoms with van der Waals surface area (Å²) < 4.78 is 3.64. The predicted octanol–water partition coefficient (Wildman–Crippen LogP) is 4.06. The van der Waals surface area contributed by atoms with Crippen molar-refractivity contribution in [2.45, 2.75) is 76.8 Å². The van der Waals surface area contributed by atoms with E-state index in [9.17, 15) is 9.59 Å². The van der Waals surface area contributed by atoms with Crippen molar-refractivity contribution in [3.8, 4) is 11.4 Å². The van der Waals surface area contributed by atoms with E-state index in [1.54, 1.807) is 4.57 Å². The van der Waals surface area contributed by atoms with Gasteiger partial charge in [0.25, 0.3) is 0 Å². The fraction of sp³-hybridized carbons (Fsp3) is 0.464. The number of allylic oxidation sites excluding steroid dienone is 2. The van der Waals surface area contributed by atoms with Crippen molar-refractivity contribution in [1.29, 1.82) is 0 Å². The van der Waals surface area contributed by atoms with Crippen molar-refractivity contribution in [2.24, 2.45) is 5.92 Å². The van der Waals surface area contributed by atoms with Crippen LogP contribution >= 0.6 is 0 Å². The monoisotopic (exact) mass is 501 g/mol. The lowest BCUT2D eigenvalue weighted by molar-refractivity contribution is -0.126. The van der Waals surface area contributed by atoms with E-state index < -0.39 is 5.41 Å². The van der Waals surface area contributed by atoms with Crippen LogP contribution in [0.15, 0.2) is 59.8 Å². The van der Waals surface area contributed by atoms with Crippen LogP contribution in [0.5, 0.6) is 0 Å². The summed E-state index contributed by atoms with van der Waals surface area (Å²) in [5, 5.41) is 17.6. The third kappa shape index (κ3) is 4.82. The first kappa shape index (κ1) is 24.9. The van der Waals surface area contributed by atoms with E-state index in [4.69, 9.17) is 0 Å². The van der Waals surface area contributed by atoms with Crippen LogP contribution in [0, 0.1) is 5.92 Å². The summed E-state index contributed by atoms with van der Waals surface area (Å²) in [7, 11) is 0. The second kappa shape index (κ2) is 10.7. The van der Waals surface area contributed by atoms with Crippen LogP contribution in [0.4, 0.5) is 0 Å². The molecular formula is C28H35N7O2. The molecule has 1 fully saturated rings. The number of carbonyl (C=O) groups excluding carboxylic acids is 1. The van der Waals surface area contributed by atoms with E-state index in [2.05, 4.69) is 64.1 Å². The summed E-state index contributed by atoms with van der Waals surface area (Å²) in [4.78, 5) is 27.1. The topological polar surface area (TPSA) is 110 Å². The van der Waals surface area contributed by atoms with Gasteiger partial charge in [0.05, 0.1) is 11.5 Å². The molecule has 0 saturated heterocycles. The molecule has 2 aromatic heterocycles. The number of unbranched alkanes of at least 4 members (excludes halogenated alkanes) is 1. The number of hydrogen-bond donors (Lipinski definition) is 2. The van der Waals surface area contributed by atoms with Crippen LogP contribution in [-0.4, -0.2) is 35.5 Å². The minimum Gasteiger partial charge on any atom is -0.368 e. The van der Waals surface area contributed by atoms with Gasteiger partial charge < -0.3 is 5.32 Å². The van der Waals surface area contributed by atoms with Gasteiger partial charge in [-0.1, -0.05) is 57.0 Å². The number of ketones is 1. The van der Waals surface area contributed by atoms with Gasteiger partial charge in [-0.25, -0.2) is 4.79 Å². The molecule has 0 bridgehead atoms. The Morgan fingerprint density at radius 1 is 1.16 bits per heavy atom. The van der Waals surface area contributed by atoms with Gasteiger partial charge in [0.2, 0.25) is 5.82 Å². The smallest absolute Gasteiger partial charge is 0.329 e. The van der Waals surface area contributed by atoms with Crippen molar-refractivity contribution in [3.05, 3.63) is 76.8 Å². The fourth-order valence-electron chi connectivity index (χ4n) is 5.78. The number of nitrogens with one attached hydrogen (secondary N) is 2. The van der Waals surface area contributed by atoms with Crippen LogP contribution in [0.25, 0.3) is 11.4 Å². The Hall–Kier alpha value is -3.75. The highest BCUT2D eigenvalue weighted by Gasteiger charge is 2.36. The van der Waals surface area contributed by atoms with Crippen LogP contribution in [0.3, 0.4) is 0 Å². The second-order valence-electron chi connectivity index (χ2n) is 10.2. The highest BCUT2D eigenvalue weighted by Crippen LogP contribution is 2.35. The molecule has 9 nitrogen and oxygen atoms in total. The Morgan fingerprint density at radius 3 is 2.73 bits per heavy atom. The third-order valence-corrected chi connectivity index (χ3v) is 7.85. The summed E-state index contributed by atoms with van der Waals surface area (Å²) in [6.07, 6.45) is 16.1. The Bertz CT molecular complexity index is 1340. The molecule has 1 aliphatic carbocycles. The molecule has 5 rings (SSSR count). The average Bonchev–Trinajstić information content (AvgIpc) is 3.57. The lowest BCUT2D eigenvalue weighted by atomic mass is 9.78. The first-order valence-electron chi connectivity index (χ1n) is 13.4. The molecule has 2 N–H and O–H groups in total. The number of aryl methyl sites for hydroxylation is 1. The zero-order valence-electron chi connectivity index (χ0n) is 21.6. The van der Waals surface area contributed by atoms with Crippen molar-refractivity contribution < 1.29 is 4.79 Å². The first-order valence-corrected chi connectivity index (χ1v) is 13.4. The molecule has 0 amide bonds. The number of rotatable bonds is 9. The summed E-state index contributed by atoms with van der Waals surface area (Å²) in [5.74, 6) is 0.906. The molecular weight excluding hydrogens is 466 g/mol. The Kier molecular flexibility index (Phi) is 7.21. The molecule has 1 saturated carbocycles. The zero-order chi connectivity index (χ0) is 25.8. The summed E-state index contributed by atoms with van der Waals surface area (Å²) in [6.45, 7) is 4.70. The van der Waals surface area contributed by atoms with Crippen LogP contribution < -0.4 is 11.0 Å². The maximum atomic E-state index is 14.0. The lowest BCUT2D eigenvalue weighted by Crippen LogP contribution is -2.40. The zero-order valence-corrected chi connectivity index (χ0v) is 21.6. The van der Waals surface area contributed by atoms with Crippen molar-refractivity contribution in [1.82, 2.24) is 35.1 Å². The Labute approximate surface area is 216 Å². The molecule has 37 heavy (non-hydrogen) atoms. The molecule has 3 aromatic rings. The highest BCUT2D eigenvalue weighted by atomic mass is 16.2. The molecule has 1 aromatic carbocycles. The maximum Gasteiger partial charge on any atom is 0.329 e. The van der Waals surface area contributed by atoms with Crippen molar-refractivity contribution >= 4 is 5.78 Å². The number of benzene rings is 1. The van der Waals surface area contributed by atoms with Gasteiger partial charge >= 0.3 is 5.69 Å². The van der Waals surface area contributed by atoms with Crippen LogP contribution in [-0.2, 0) is 23.2 Å². The van der Waals surface area contributed by atoms with Gasteiger partial charge in [0, 0.05) is 30.4 Å². The number of aromatic nitrogens is 6. The Balaban J connectivity index is 1.59. The molecule has 2 aliphatic rings. The predicted molar refractivity (Wildman–Crippen MR) is 142 cm³/mol. The molecule has 9 heteroatoms. The molecule has 2 atom stereocenters. The number of aromatic amines is 1. The molecule has 3 heterocycles. The van der Waals surface area contributed by atoms with E-state index in [0.717, 1.165) is 55.3 Å². The number of dihydropyridines is 1. The standard InChI is InChI=1S/C28H35N7O2/c1-3-5-11-23-18-34(25-20(4-2)8-7-12-24(25)36)27(37)35(23)19-28(13-15-29-16-14-28)22-10-6-9-21(17-22)26-30-32-33-31-26/h6,9-10,13-18,20,25,29H,3-5,7-8,11-12,19H2,1-2H3,(H,30,31,32,33). The number of H-pyrrole nitrogens is 1. The number of hydrogen-bond acceptors (Lipinski definition) is 6. The third-order valence-electron chi connectivity index (χ3n) is 7.85. The number of tetrazole rings is 1. The normalized spacial score (nSPS) is 20.8. The number of imidazole rings is 1. The highest BCUT2D eigenvalue weighted by molar-refractivity contribution is 5.83. The Morgan fingerprint density at radius 2 is 2.00 bits per heavy atom. The fourth-order valence-corrected chi connectivity index (χ4v) is 5.78. The molecule has 1 aliphatic heterocycles. The number of carbonyl (C=O) groups is 1. The number of nitrogens with zero attached hydrogens (tertiary/aromatic N) is 5. The largest absolute Gasteiger partial charge is 0.368 e. The first-order chi connectivity index (χ1) is 18.1.